The summed E-state index contributed by atoms with van der Waals surface area (Å²) < 4.78 is 11.1. The van der Waals surface area contributed by atoms with Crippen LogP contribution in [0.25, 0.3) is 0 Å². The van der Waals surface area contributed by atoms with E-state index in [4.69, 9.17) is 9.47 Å². The summed E-state index contributed by atoms with van der Waals surface area (Å²) in [6.07, 6.45) is 4.29. The molecule has 89 valence electrons. The summed E-state index contributed by atoms with van der Waals surface area (Å²) in [5.74, 6) is 1.40. The first kappa shape index (κ1) is 11.0. The SMILES string of the molecule is C=CC[C](CC1CO1)C1(c2ccccc2)CO1. The van der Waals surface area contributed by atoms with Gasteiger partial charge in [0, 0.05) is 5.92 Å². The fourth-order valence-electron chi connectivity index (χ4n) is 2.40. The Hall–Kier alpha value is -1.12. The molecule has 1 aromatic carbocycles. The lowest BCUT2D eigenvalue weighted by molar-refractivity contribution is 0.293. The van der Waals surface area contributed by atoms with E-state index in [1.54, 1.807) is 0 Å². The lowest BCUT2D eigenvalue weighted by Crippen LogP contribution is -2.21. The van der Waals surface area contributed by atoms with E-state index in [1.807, 2.05) is 12.1 Å². The number of ether oxygens (including phenoxy) is 2. The van der Waals surface area contributed by atoms with Gasteiger partial charge in [0.05, 0.1) is 19.3 Å². The first-order chi connectivity index (χ1) is 8.35. The van der Waals surface area contributed by atoms with Gasteiger partial charge in [0.2, 0.25) is 0 Å². The van der Waals surface area contributed by atoms with E-state index in [-0.39, 0.29) is 5.60 Å². The van der Waals surface area contributed by atoms with E-state index < -0.39 is 0 Å². The highest BCUT2D eigenvalue weighted by Gasteiger charge is 2.53. The first-order valence-corrected chi connectivity index (χ1v) is 6.12. The van der Waals surface area contributed by atoms with Crippen LogP contribution in [0.5, 0.6) is 0 Å². The van der Waals surface area contributed by atoms with E-state index in [0.29, 0.717) is 6.10 Å². The first-order valence-electron chi connectivity index (χ1n) is 6.12. The number of allylic oxidation sites excluding steroid dienone is 1. The van der Waals surface area contributed by atoms with Crippen LogP contribution in [0.4, 0.5) is 0 Å². The van der Waals surface area contributed by atoms with Gasteiger partial charge >= 0.3 is 0 Å². The maximum absolute atomic E-state index is 5.79. The second-order valence-corrected chi connectivity index (χ2v) is 4.74. The third-order valence-electron chi connectivity index (χ3n) is 3.51. The zero-order valence-corrected chi connectivity index (χ0v) is 9.89. The maximum atomic E-state index is 5.79. The Morgan fingerprint density at radius 1 is 1.41 bits per heavy atom. The average Bonchev–Trinajstić information content (AvgIpc) is 3.25. The molecule has 3 rings (SSSR count). The van der Waals surface area contributed by atoms with Gasteiger partial charge in [-0.2, -0.15) is 0 Å². The molecule has 2 unspecified atom stereocenters. The van der Waals surface area contributed by atoms with Gasteiger partial charge in [-0.1, -0.05) is 36.4 Å². The Kier molecular flexibility index (Phi) is 2.77. The topological polar surface area (TPSA) is 25.1 Å². The molecule has 0 aliphatic carbocycles. The molecule has 2 saturated heterocycles. The van der Waals surface area contributed by atoms with Gasteiger partial charge in [-0.05, 0) is 18.4 Å². The van der Waals surface area contributed by atoms with E-state index in [0.717, 1.165) is 26.1 Å². The Morgan fingerprint density at radius 2 is 2.12 bits per heavy atom. The lowest BCUT2D eigenvalue weighted by Gasteiger charge is -2.22. The molecule has 2 heteroatoms. The standard InChI is InChI=1S/C15H17O2/c1-2-6-13(9-14-10-16-14)15(11-17-15)12-7-4-3-5-8-12/h2-5,7-8,14H,1,6,9-11H2. The number of epoxide rings is 2. The Balaban J connectivity index is 1.81. The van der Waals surface area contributed by atoms with Crippen molar-refractivity contribution >= 4 is 0 Å². The highest BCUT2D eigenvalue weighted by atomic mass is 16.6. The number of hydrogen-bond donors (Lipinski definition) is 0. The van der Waals surface area contributed by atoms with Crippen molar-refractivity contribution < 1.29 is 9.47 Å². The average molecular weight is 229 g/mol. The van der Waals surface area contributed by atoms with E-state index in [1.165, 1.54) is 11.5 Å². The summed E-state index contributed by atoms with van der Waals surface area (Å²) in [6, 6.07) is 10.5. The van der Waals surface area contributed by atoms with Gasteiger partial charge in [0.1, 0.15) is 5.60 Å². The van der Waals surface area contributed by atoms with Crippen molar-refractivity contribution in [3.63, 3.8) is 0 Å². The van der Waals surface area contributed by atoms with Crippen LogP contribution in [0.15, 0.2) is 43.0 Å². The molecule has 2 fully saturated rings. The molecular weight excluding hydrogens is 212 g/mol. The van der Waals surface area contributed by atoms with Gasteiger partial charge in [0.25, 0.3) is 0 Å². The molecule has 0 amide bonds. The molecule has 17 heavy (non-hydrogen) atoms. The molecule has 1 radical (unpaired) electrons. The van der Waals surface area contributed by atoms with Crippen molar-refractivity contribution in [1.82, 2.24) is 0 Å². The van der Waals surface area contributed by atoms with Crippen LogP contribution >= 0.6 is 0 Å². The van der Waals surface area contributed by atoms with E-state index >= 15 is 0 Å². The molecule has 2 heterocycles. The van der Waals surface area contributed by atoms with E-state index in [2.05, 4.69) is 30.8 Å². The summed E-state index contributed by atoms with van der Waals surface area (Å²) in [7, 11) is 0. The van der Waals surface area contributed by atoms with Crippen LogP contribution in [0.2, 0.25) is 0 Å². The van der Waals surface area contributed by atoms with Gasteiger partial charge < -0.3 is 9.47 Å². The van der Waals surface area contributed by atoms with Crippen molar-refractivity contribution in [3.8, 4) is 0 Å². The highest BCUT2D eigenvalue weighted by molar-refractivity contribution is 5.35. The second-order valence-electron chi connectivity index (χ2n) is 4.74. The number of benzene rings is 1. The molecule has 2 nitrogen and oxygen atoms in total. The Morgan fingerprint density at radius 3 is 2.65 bits per heavy atom. The molecular formula is C15H17O2. The molecule has 0 aromatic heterocycles. The molecule has 0 saturated carbocycles. The van der Waals surface area contributed by atoms with Crippen LogP contribution in [-0.4, -0.2) is 19.3 Å². The molecule has 0 spiro atoms. The minimum atomic E-state index is -0.151. The Bertz CT molecular complexity index is 391. The number of hydrogen-bond acceptors (Lipinski definition) is 2. The molecule has 2 aliphatic heterocycles. The van der Waals surface area contributed by atoms with Gasteiger partial charge in [-0.25, -0.2) is 0 Å². The third-order valence-corrected chi connectivity index (χ3v) is 3.51. The van der Waals surface area contributed by atoms with Crippen molar-refractivity contribution in [2.24, 2.45) is 0 Å². The van der Waals surface area contributed by atoms with Crippen molar-refractivity contribution in [1.29, 1.82) is 0 Å². The van der Waals surface area contributed by atoms with Crippen molar-refractivity contribution in [2.75, 3.05) is 13.2 Å². The summed E-state index contributed by atoms with van der Waals surface area (Å²) in [5, 5.41) is 0. The van der Waals surface area contributed by atoms with Crippen molar-refractivity contribution in [3.05, 3.63) is 54.5 Å². The van der Waals surface area contributed by atoms with Crippen LogP contribution < -0.4 is 0 Å². The van der Waals surface area contributed by atoms with E-state index in [9.17, 15) is 0 Å². The summed E-state index contributed by atoms with van der Waals surface area (Å²) >= 11 is 0. The zero-order chi connectivity index (χ0) is 11.7. The summed E-state index contributed by atoms with van der Waals surface area (Å²) in [5.41, 5.74) is 1.11. The smallest absolute Gasteiger partial charge is 0.123 e. The van der Waals surface area contributed by atoms with Crippen LogP contribution in [0.1, 0.15) is 18.4 Å². The van der Waals surface area contributed by atoms with Gasteiger partial charge in [-0.15, -0.1) is 6.58 Å². The normalized spacial score (nSPS) is 30.3. The number of rotatable bonds is 6. The van der Waals surface area contributed by atoms with Crippen molar-refractivity contribution in [2.45, 2.75) is 24.5 Å². The summed E-state index contributed by atoms with van der Waals surface area (Å²) in [4.78, 5) is 0. The highest BCUT2D eigenvalue weighted by Crippen LogP contribution is 2.51. The predicted octanol–water partition coefficient (Wildman–Crippen LogP) is 2.85. The lowest BCUT2D eigenvalue weighted by atomic mass is 9.81. The fraction of sp³-hybridized carbons (Fsp3) is 0.400. The molecule has 2 atom stereocenters. The monoisotopic (exact) mass is 229 g/mol. The van der Waals surface area contributed by atoms with Gasteiger partial charge in [0.15, 0.2) is 0 Å². The minimum Gasteiger partial charge on any atom is -0.373 e. The Labute approximate surface area is 102 Å². The fourth-order valence-corrected chi connectivity index (χ4v) is 2.40. The predicted molar refractivity (Wildman–Crippen MR) is 66.5 cm³/mol. The maximum Gasteiger partial charge on any atom is 0.123 e. The molecule has 0 N–H and O–H groups in total. The molecule has 1 aromatic rings. The quantitative estimate of drug-likeness (QED) is 0.553. The zero-order valence-electron chi connectivity index (χ0n) is 9.89. The minimum absolute atomic E-state index is 0.151. The van der Waals surface area contributed by atoms with Gasteiger partial charge in [-0.3, -0.25) is 0 Å². The third kappa shape index (κ3) is 2.15. The van der Waals surface area contributed by atoms with Crippen LogP contribution in [0.3, 0.4) is 0 Å². The second kappa shape index (κ2) is 4.28. The largest absolute Gasteiger partial charge is 0.373 e. The molecule has 2 aliphatic rings. The summed E-state index contributed by atoms with van der Waals surface area (Å²) in [6.45, 7) is 5.54. The van der Waals surface area contributed by atoms with Crippen LogP contribution in [-0.2, 0) is 15.1 Å². The van der Waals surface area contributed by atoms with Crippen LogP contribution in [0, 0.1) is 5.92 Å². The molecule has 0 bridgehead atoms.